The van der Waals surface area contributed by atoms with Gasteiger partial charge in [0.05, 0.1) is 0 Å². The minimum absolute atomic E-state index is 0.111. The summed E-state index contributed by atoms with van der Waals surface area (Å²) < 4.78 is 0.111. The Balaban J connectivity index is 3.02. The summed E-state index contributed by atoms with van der Waals surface area (Å²) >= 11 is 5.59. The Morgan fingerprint density at radius 1 is 1.60 bits per heavy atom. The molecule has 0 bridgehead atoms. The van der Waals surface area contributed by atoms with Gasteiger partial charge in [-0.05, 0) is 13.8 Å². The van der Waals surface area contributed by atoms with Gasteiger partial charge in [-0.15, -0.1) is 11.6 Å². The molecule has 0 unspecified atom stereocenters. The van der Waals surface area contributed by atoms with Gasteiger partial charge in [-0.3, -0.25) is 0 Å². The van der Waals surface area contributed by atoms with Crippen LogP contribution in [0.3, 0.4) is 0 Å². The summed E-state index contributed by atoms with van der Waals surface area (Å²) in [6, 6.07) is 0. The summed E-state index contributed by atoms with van der Waals surface area (Å²) in [6.07, 6.45) is 0. The van der Waals surface area contributed by atoms with Crippen molar-refractivity contribution < 1.29 is 0 Å². The summed E-state index contributed by atoms with van der Waals surface area (Å²) in [6.45, 7) is 4.03. The highest BCUT2D eigenvalue weighted by Crippen LogP contribution is 2.03. The fourth-order valence-corrected chi connectivity index (χ4v) is 0. The molecule has 0 aliphatic heterocycles. The lowest BCUT2D eigenvalue weighted by Gasteiger charge is -2.01. The molecule has 0 radical (unpaired) electrons. The lowest BCUT2D eigenvalue weighted by molar-refractivity contribution is 0.993. The molecular weight excluding hydrogens is 99.6 g/mol. The van der Waals surface area contributed by atoms with Crippen LogP contribution in [0, 0.1) is 0 Å². The molecule has 0 atom stereocenters. The molecule has 0 saturated heterocycles. The molecule has 5 heavy (non-hydrogen) atoms. The van der Waals surface area contributed by atoms with Gasteiger partial charge in [0, 0.05) is 14.7 Å². The van der Waals surface area contributed by atoms with Crippen LogP contribution in [-0.4, -0.2) is 14.7 Å². The van der Waals surface area contributed by atoms with Crippen LogP contribution in [0.25, 0.3) is 0 Å². The number of alkyl halides is 1. The Bertz CT molecular complexity index is 22.4. The third-order valence-electron chi connectivity index (χ3n) is 0. The molecule has 0 nitrogen and oxygen atoms in total. The Hall–Kier alpha value is 0.507. The molecule has 0 aliphatic carbocycles. The minimum atomic E-state index is 0.111. The fraction of sp³-hybridized carbons (Fsp3) is 1.00. The summed E-state index contributed by atoms with van der Waals surface area (Å²) in [4.78, 5) is 0. The number of hydrogen-bond acceptors (Lipinski definition) is 0. The van der Waals surface area contributed by atoms with Gasteiger partial charge in [0.2, 0.25) is 0 Å². The van der Waals surface area contributed by atoms with E-state index in [1.54, 1.807) is 0 Å². The first-order valence-electron chi connectivity index (χ1n) is 1.69. The number of hydrogen-bond donors (Lipinski definition) is 0. The van der Waals surface area contributed by atoms with Gasteiger partial charge in [-0.1, -0.05) is 0 Å². The van der Waals surface area contributed by atoms with Gasteiger partial charge < -0.3 is 0 Å². The molecule has 0 spiro atoms. The molecule has 0 aliphatic rings. The van der Waals surface area contributed by atoms with Crippen LogP contribution in [0.5, 0.6) is 0 Å². The van der Waals surface area contributed by atoms with Gasteiger partial charge in [-0.25, -0.2) is 0 Å². The summed E-state index contributed by atoms with van der Waals surface area (Å²) in [7, 11) is 1.07. The predicted octanol–water partition coefficient (Wildman–Crippen LogP) is 0.327. The zero-order valence-electron chi connectivity index (χ0n) is 3.88. The van der Waals surface area contributed by atoms with E-state index in [-0.39, 0.29) is 4.50 Å². The van der Waals surface area contributed by atoms with Crippen LogP contribution in [0.4, 0.5) is 0 Å². The van der Waals surface area contributed by atoms with Gasteiger partial charge in [-0.2, -0.15) is 0 Å². The second-order valence-electron chi connectivity index (χ2n) is 2.07. The summed E-state index contributed by atoms with van der Waals surface area (Å²) in [5.41, 5.74) is 0. The van der Waals surface area contributed by atoms with E-state index < -0.39 is 0 Å². The average Bonchev–Trinajstić information content (AvgIpc) is 0.722. The van der Waals surface area contributed by atoms with Gasteiger partial charge >= 0.3 is 0 Å². The Kier molecular flexibility index (Phi) is 1.44. The summed E-state index contributed by atoms with van der Waals surface area (Å²) in [5.74, 6) is 0. The molecular formula is C3H9ClSi. The Morgan fingerprint density at radius 3 is 1.60 bits per heavy atom. The first-order valence-corrected chi connectivity index (χ1v) is 3.07. The zero-order chi connectivity index (χ0) is 4.50. The van der Waals surface area contributed by atoms with Gasteiger partial charge in [0.25, 0.3) is 0 Å². The van der Waals surface area contributed by atoms with Crippen molar-refractivity contribution in [1.29, 1.82) is 0 Å². The zero-order valence-corrected chi connectivity index (χ0v) is 6.63. The van der Waals surface area contributed by atoms with Crippen LogP contribution in [-0.2, 0) is 0 Å². The molecule has 0 N–H and O–H groups in total. The second kappa shape index (κ2) is 1.31. The Morgan fingerprint density at radius 2 is 1.60 bits per heavy atom. The normalized spacial score (nSPS) is 12.6. The third kappa shape index (κ3) is 110. The minimum Gasteiger partial charge on any atom is -0.125 e. The third-order valence-corrected chi connectivity index (χ3v) is 0. The van der Waals surface area contributed by atoms with Crippen LogP contribution in [0.1, 0.15) is 13.8 Å². The monoisotopic (exact) mass is 108 g/mol. The van der Waals surface area contributed by atoms with Crippen LogP contribution < -0.4 is 0 Å². The molecule has 0 heterocycles. The molecule has 32 valence electrons. The van der Waals surface area contributed by atoms with Crippen molar-refractivity contribution in [3.8, 4) is 0 Å². The standard InChI is InChI=1S/C3H9ClSi/c1-3(2,4)5/h1-2,5H3. The van der Waals surface area contributed by atoms with E-state index in [2.05, 4.69) is 0 Å². The molecule has 0 saturated carbocycles. The molecule has 2 heteroatoms. The van der Waals surface area contributed by atoms with Crippen LogP contribution >= 0.6 is 11.6 Å². The quantitative estimate of drug-likeness (QED) is 0.310. The molecule has 0 rings (SSSR count). The smallest absolute Gasteiger partial charge is 0.0286 e. The SMILES string of the molecule is CC(C)([SiH3])Cl. The maximum atomic E-state index is 5.59. The van der Waals surface area contributed by atoms with E-state index in [1.807, 2.05) is 13.8 Å². The number of halogens is 1. The predicted molar refractivity (Wildman–Crippen MR) is 29.9 cm³/mol. The van der Waals surface area contributed by atoms with Crippen molar-refractivity contribution in [1.82, 2.24) is 0 Å². The first-order chi connectivity index (χ1) is 2.00. The Labute approximate surface area is 40.9 Å². The highest BCUT2D eigenvalue weighted by atomic mass is 35.5. The molecule has 0 aromatic rings. The van der Waals surface area contributed by atoms with Crippen molar-refractivity contribution in [2.75, 3.05) is 0 Å². The van der Waals surface area contributed by atoms with Gasteiger partial charge in [0.15, 0.2) is 0 Å². The van der Waals surface area contributed by atoms with Crippen LogP contribution in [0.2, 0.25) is 0 Å². The number of rotatable bonds is 0. The molecule has 0 aromatic carbocycles. The summed E-state index contributed by atoms with van der Waals surface area (Å²) in [5, 5.41) is 0. The lowest BCUT2D eigenvalue weighted by atomic mass is 10.5. The molecule has 0 amide bonds. The highest BCUT2D eigenvalue weighted by molar-refractivity contribution is 6.43. The van der Waals surface area contributed by atoms with Crippen molar-refractivity contribution in [2.45, 2.75) is 18.3 Å². The van der Waals surface area contributed by atoms with Crippen LogP contribution in [0.15, 0.2) is 0 Å². The van der Waals surface area contributed by atoms with Crippen molar-refractivity contribution in [3.05, 3.63) is 0 Å². The van der Waals surface area contributed by atoms with E-state index in [4.69, 9.17) is 11.6 Å². The van der Waals surface area contributed by atoms with E-state index in [0.717, 1.165) is 10.2 Å². The van der Waals surface area contributed by atoms with Crippen molar-refractivity contribution in [3.63, 3.8) is 0 Å². The topological polar surface area (TPSA) is 0 Å². The van der Waals surface area contributed by atoms with E-state index in [9.17, 15) is 0 Å². The lowest BCUT2D eigenvalue weighted by Crippen LogP contribution is -2.06. The van der Waals surface area contributed by atoms with E-state index >= 15 is 0 Å². The first kappa shape index (κ1) is 5.51. The van der Waals surface area contributed by atoms with E-state index in [1.165, 1.54) is 0 Å². The second-order valence-corrected chi connectivity index (χ2v) is 6.33. The maximum absolute atomic E-state index is 5.59. The maximum Gasteiger partial charge on any atom is 0.0286 e. The van der Waals surface area contributed by atoms with Crippen molar-refractivity contribution >= 4 is 21.8 Å². The highest BCUT2D eigenvalue weighted by Gasteiger charge is 1.99. The fourth-order valence-electron chi connectivity index (χ4n) is 0. The van der Waals surface area contributed by atoms with E-state index in [0.29, 0.717) is 0 Å². The molecule has 0 fully saturated rings. The van der Waals surface area contributed by atoms with Gasteiger partial charge in [0.1, 0.15) is 0 Å². The largest absolute Gasteiger partial charge is 0.125 e. The van der Waals surface area contributed by atoms with Crippen molar-refractivity contribution in [2.24, 2.45) is 0 Å². The average molecular weight is 109 g/mol. The molecule has 0 aromatic heterocycles.